The Balaban J connectivity index is 1.35. The molecule has 0 aliphatic heterocycles. The molecule has 4 rings (SSSR count). The Labute approximate surface area is 150 Å². The molecule has 3 heterocycles. The first-order chi connectivity index (χ1) is 12.7. The fraction of sp³-hybridized carbons (Fsp3) is 0.389. The SMILES string of the molecule is CC1CCc2[nH]nc(C(=O)NCCc3nc(-c4cccnc4)n[nH]3)c2C1. The van der Waals surface area contributed by atoms with E-state index in [9.17, 15) is 4.79 Å². The lowest BCUT2D eigenvalue weighted by Crippen LogP contribution is -2.28. The molecule has 1 amide bonds. The van der Waals surface area contributed by atoms with E-state index in [1.165, 1.54) is 0 Å². The van der Waals surface area contributed by atoms with Crippen LogP contribution in [0.4, 0.5) is 0 Å². The van der Waals surface area contributed by atoms with E-state index < -0.39 is 0 Å². The number of aromatic nitrogens is 6. The maximum atomic E-state index is 12.5. The van der Waals surface area contributed by atoms with Gasteiger partial charge in [0, 0.05) is 42.2 Å². The minimum atomic E-state index is -0.136. The summed E-state index contributed by atoms with van der Waals surface area (Å²) in [7, 11) is 0. The molecule has 3 N–H and O–H groups in total. The quantitative estimate of drug-likeness (QED) is 0.647. The Morgan fingerprint density at radius 2 is 2.27 bits per heavy atom. The van der Waals surface area contributed by atoms with E-state index in [1.54, 1.807) is 12.4 Å². The molecule has 3 aromatic rings. The van der Waals surface area contributed by atoms with Gasteiger partial charge in [0.15, 0.2) is 11.5 Å². The van der Waals surface area contributed by atoms with Crippen molar-refractivity contribution < 1.29 is 4.79 Å². The summed E-state index contributed by atoms with van der Waals surface area (Å²) in [5.74, 6) is 1.78. The molecule has 8 heteroatoms. The number of hydrogen-bond acceptors (Lipinski definition) is 5. The largest absolute Gasteiger partial charge is 0.350 e. The zero-order valence-corrected chi connectivity index (χ0v) is 14.6. The standard InChI is InChI=1S/C18H21N7O/c1-11-4-5-14-13(9-11)16(24-22-14)18(26)20-8-6-15-21-17(25-23-15)12-3-2-7-19-10-12/h2-3,7,10-11H,4-6,8-9H2,1H3,(H,20,26)(H,22,24)(H,21,23,25). The Morgan fingerprint density at radius 3 is 3.12 bits per heavy atom. The van der Waals surface area contributed by atoms with Gasteiger partial charge in [-0.3, -0.25) is 20.0 Å². The molecule has 1 aliphatic carbocycles. The molecule has 0 saturated carbocycles. The molecule has 26 heavy (non-hydrogen) atoms. The summed E-state index contributed by atoms with van der Waals surface area (Å²) < 4.78 is 0. The average molecular weight is 351 g/mol. The molecule has 3 aromatic heterocycles. The van der Waals surface area contributed by atoms with Gasteiger partial charge in [-0.15, -0.1) is 0 Å². The van der Waals surface area contributed by atoms with Crippen molar-refractivity contribution in [3.05, 3.63) is 47.3 Å². The summed E-state index contributed by atoms with van der Waals surface area (Å²) in [6, 6.07) is 3.75. The Morgan fingerprint density at radius 1 is 1.35 bits per heavy atom. The van der Waals surface area contributed by atoms with Crippen LogP contribution in [0.25, 0.3) is 11.4 Å². The number of aromatic amines is 2. The monoisotopic (exact) mass is 351 g/mol. The summed E-state index contributed by atoms with van der Waals surface area (Å²) >= 11 is 0. The van der Waals surface area contributed by atoms with Crippen molar-refractivity contribution in [1.82, 2.24) is 35.7 Å². The summed E-state index contributed by atoms with van der Waals surface area (Å²) in [6.07, 6.45) is 7.01. The highest BCUT2D eigenvalue weighted by atomic mass is 16.1. The van der Waals surface area contributed by atoms with Gasteiger partial charge in [0.1, 0.15) is 5.82 Å². The van der Waals surface area contributed by atoms with E-state index in [0.717, 1.165) is 41.9 Å². The van der Waals surface area contributed by atoms with Crippen LogP contribution in [0.3, 0.4) is 0 Å². The number of amides is 1. The summed E-state index contributed by atoms with van der Waals surface area (Å²) in [5, 5.41) is 17.3. The van der Waals surface area contributed by atoms with E-state index in [1.807, 2.05) is 12.1 Å². The predicted octanol–water partition coefficient (Wildman–Crippen LogP) is 1.69. The third kappa shape index (κ3) is 3.35. The van der Waals surface area contributed by atoms with Gasteiger partial charge in [-0.05, 0) is 37.3 Å². The van der Waals surface area contributed by atoms with Crippen LogP contribution < -0.4 is 5.32 Å². The van der Waals surface area contributed by atoms with Crippen LogP contribution in [0.15, 0.2) is 24.5 Å². The Hall–Kier alpha value is -3.03. The van der Waals surface area contributed by atoms with E-state index in [-0.39, 0.29) is 5.91 Å². The predicted molar refractivity (Wildman–Crippen MR) is 95.4 cm³/mol. The molecule has 0 spiro atoms. The molecule has 1 atom stereocenters. The topological polar surface area (TPSA) is 112 Å². The molecular weight excluding hydrogens is 330 g/mol. The zero-order chi connectivity index (χ0) is 17.9. The van der Waals surface area contributed by atoms with Crippen LogP contribution in [0, 0.1) is 5.92 Å². The van der Waals surface area contributed by atoms with Crippen LogP contribution in [0.1, 0.15) is 40.9 Å². The molecular formula is C18H21N7O. The van der Waals surface area contributed by atoms with Gasteiger partial charge in [0.2, 0.25) is 0 Å². The summed E-state index contributed by atoms with van der Waals surface area (Å²) in [5.41, 5.74) is 3.56. The highest BCUT2D eigenvalue weighted by Gasteiger charge is 2.24. The van der Waals surface area contributed by atoms with E-state index >= 15 is 0 Å². The molecule has 0 fully saturated rings. The second-order valence-corrected chi connectivity index (χ2v) is 6.73. The minimum Gasteiger partial charge on any atom is -0.350 e. The second kappa shape index (κ2) is 7.07. The van der Waals surface area contributed by atoms with Crippen LogP contribution in [-0.2, 0) is 19.3 Å². The fourth-order valence-electron chi connectivity index (χ4n) is 3.27. The fourth-order valence-corrected chi connectivity index (χ4v) is 3.27. The number of pyridine rings is 1. The van der Waals surface area contributed by atoms with Crippen LogP contribution in [0.5, 0.6) is 0 Å². The molecule has 0 saturated heterocycles. The van der Waals surface area contributed by atoms with Crippen molar-refractivity contribution in [3.8, 4) is 11.4 Å². The van der Waals surface area contributed by atoms with Crippen molar-refractivity contribution in [1.29, 1.82) is 0 Å². The Bertz CT molecular complexity index is 899. The average Bonchev–Trinajstić information content (AvgIpc) is 3.29. The number of rotatable bonds is 5. The smallest absolute Gasteiger partial charge is 0.272 e. The number of nitrogens with zero attached hydrogens (tertiary/aromatic N) is 4. The van der Waals surface area contributed by atoms with Crippen molar-refractivity contribution in [3.63, 3.8) is 0 Å². The van der Waals surface area contributed by atoms with Gasteiger partial charge in [-0.2, -0.15) is 10.2 Å². The lowest BCUT2D eigenvalue weighted by molar-refractivity contribution is 0.0947. The van der Waals surface area contributed by atoms with Crippen molar-refractivity contribution in [2.24, 2.45) is 5.92 Å². The third-order valence-corrected chi connectivity index (χ3v) is 4.71. The number of hydrogen-bond donors (Lipinski definition) is 3. The molecule has 0 bridgehead atoms. The third-order valence-electron chi connectivity index (χ3n) is 4.71. The van der Waals surface area contributed by atoms with E-state index in [2.05, 4.69) is 42.6 Å². The normalized spacial score (nSPS) is 16.3. The zero-order valence-electron chi connectivity index (χ0n) is 14.6. The number of carbonyl (C=O) groups is 1. The van der Waals surface area contributed by atoms with Gasteiger partial charge >= 0.3 is 0 Å². The first-order valence-corrected chi connectivity index (χ1v) is 8.86. The van der Waals surface area contributed by atoms with Gasteiger partial charge in [-0.1, -0.05) is 6.92 Å². The van der Waals surface area contributed by atoms with Gasteiger partial charge in [-0.25, -0.2) is 4.98 Å². The number of aryl methyl sites for hydroxylation is 1. The maximum Gasteiger partial charge on any atom is 0.272 e. The molecule has 134 valence electrons. The minimum absolute atomic E-state index is 0.136. The van der Waals surface area contributed by atoms with E-state index in [4.69, 9.17) is 0 Å². The van der Waals surface area contributed by atoms with Crippen LogP contribution in [-0.4, -0.2) is 42.8 Å². The molecule has 0 radical (unpaired) electrons. The van der Waals surface area contributed by atoms with Crippen LogP contribution >= 0.6 is 0 Å². The molecule has 1 unspecified atom stereocenters. The summed E-state index contributed by atoms with van der Waals surface area (Å²) in [4.78, 5) is 21.0. The molecule has 0 aromatic carbocycles. The van der Waals surface area contributed by atoms with Gasteiger partial charge in [0.05, 0.1) is 0 Å². The van der Waals surface area contributed by atoms with Crippen molar-refractivity contribution >= 4 is 5.91 Å². The number of H-pyrrole nitrogens is 2. The summed E-state index contributed by atoms with van der Waals surface area (Å²) in [6.45, 7) is 2.68. The number of carbonyl (C=O) groups excluding carboxylic acids is 1. The van der Waals surface area contributed by atoms with E-state index in [0.29, 0.717) is 30.4 Å². The van der Waals surface area contributed by atoms with Crippen LogP contribution in [0.2, 0.25) is 0 Å². The lowest BCUT2D eigenvalue weighted by Gasteiger charge is -2.17. The van der Waals surface area contributed by atoms with Gasteiger partial charge < -0.3 is 5.32 Å². The number of fused-ring (bicyclic) bond motifs is 1. The first kappa shape index (κ1) is 16.4. The van der Waals surface area contributed by atoms with Crippen molar-refractivity contribution in [2.75, 3.05) is 6.54 Å². The lowest BCUT2D eigenvalue weighted by atomic mass is 9.87. The Kier molecular flexibility index (Phi) is 4.47. The highest BCUT2D eigenvalue weighted by molar-refractivity contribution is 5.94. The van der Waals surface area contributed by atoms with Crippen molar-refractivity contribution in [2.45, 2.75) is 32.6 Å². The number of nitrogens with one attached hydrogen (secondary N) is 3. The van der Waals surface area contributed by atoms with Gasteiger partial charge in [0.25, 0.3) is 5.91 Å². The molecule has 8 nitrogen and oxygen atoms in total. The first-order valence-electron chi connectivity index (χ1n) is 8.86. The second-order valence-electron chi connectivity index (χ2n) is 6.73. The maximum absolute atomic E-state index is 12.5. The highest BCUT2D eigenvalue weighted by Crippen LogP contribution is 2.26. The molecule has 1 aliphatic rings.